The quantitative estimate of drug-likeness (QED) is 0.860. The van der Waals surface area contributed by atoms with Crippen LogP contribution in [0.5, 0.6) is 5.75 Å². The lowest BCUT2D eigenvalue weighted by Crippen LogP contribution is -2.13. The van der Waals surface area contributed by atoms with Crippen molar-refractivity contribution in [3.8, 4) is 5.75 Å². The van der Waals surface area contributed by atoms with Gasteiger partial charge in [-0.15, -0.1) is 10.2 Å². The molecule has 100 valence electrons. The van der Waals surface area contributed by atoms with E-state index in [-0.39, 0.29) is 10.4 Å². The normalized spacial score (nSPS) is 10.3. The first-order chi connectivity index (χ1) is 9.15. The molecule has 0 unspecified atom stereocenters. The molecular formula is C12H12Cl2N4O. The molecule has 1 aromatic heterocycles. The lowest BCUT2D eigenvalue weighted by atomic mass is 10.2. The molecule has 0 aliphatic rings. The lowest BCUT2D eigenvalue weighted by Gasteiger charge is -2.08. The van der Waals surface area contributed by atoms with Crippen LogP contribution in [0.15, 0.2) is 24.3 Å². The van der Waals surface area contributed by atoms with Crippen LogP contribution < -0.4 is 10.1 Å². The predicted molar refractivity (Wildman–Crippen MR) is 75.0 cm³/mol. The number of nitrogens with zero attached hydrogens (tertiary/aromatic N) is 3. The highest BCUT2D eigenvalue weighted by Gasteiger charge is 2.05. The van der Waals surface area contributed by atoms with Crippen molar-refractivity contribution in [2.45, 2.75) is 6.92 Å². The molecule has 7 heteroatoms. The van der Waals surface area contributed by atoms with E-state index in [9.17, 15) is 0 Å². The van der Waals surface area contributed by atoms with Crippen LogP contribution in [0.2, 0.25) is 10.4 Å². The van der Waals surface area contributed by atoms with Gasteiger partial charge in [0, 0.05) is 0 Å². The summed E-state index contributed by atoms with van der Waals surface area (Å²) >= 11 is 11.4. The Labute approximate surface area is 120 Å². The van der Waals surface area contributed by atoms with Gasteiger partial charge in [0.25, 0.3) is 0 Å². The summed E-state index contributed by atoms with van der Waals surface area (Å²) in [4.78, 5) is 3.92. The number of anilines is 1. The van der Waals surface area contributed by atoms with Crippen LogP contribution in [0.25, 0.3) is 0 Å². The second-order valence-electron chi connectivity index (χ2n) is 3.81. The molecule has 0 aliphatic carbocycles. The van der Waals surface area contributed by atoms with E-state index in [0.29, 0.717) is 19.0 Å². The fourth-order valence-electron chi connectivity index (χ4n) is 1.45. The van der Waals surface area contributed by atoms with Crippen molar-refractivity contribution < 1.29 is 4.74 Å². The molecule has 2 aromatic rings. The van der Waals surface area contributed by atoms with Gasteiger partial charge in [0.05, 0.1) is 6.54 Å². The zero-order valence-corrected chi connectivity index (χ0v) is 11.7. The van der Waals surface area contributed by atoms with Crippen LogP contribution in [0.3, 0.4) is 0 Å². The zero-order chi connectivity index (χ0) is 13.7. The summed E-state index contributed by atoms with van der Waals surface area (Å²) in [6.45, 7) is 3.02. The highest BCUT2D eigenvalue weighted by Crippen LogP contribution is 2.16. The highest BCUT2D eigenvalue weighted by molar-refractivity contribution is 6.32. The van der Waals surface area contributed by atoms with E-state index < -0.39 is 0 Å². The fraction of sp³-hybridized carbons (Fsp3) is 0.250. The molecule has 0 amide bonds. The third-order valence-electron chi connectivity index (χ3n) is 2.27. The van der Waals surface area contributed by atoms with Gasteiger partial charge in [0.2, 0.25) is 5.28 Å². The van der Waals surface area contributed by atoms with E-state index >= 15 is 0 Å². The molecule has 1 heterocycles. The summed E-state index contributed by atoms with van der Waals surface area (Å²) in [6.07, 6.45) is 0. The van der Waals surface area contributed by atoms with Gasteiger partial charge in [-0.3, -0.25) is 0 Å². The van der Waals surface area contributed by atoms with Crippen molar-refractivity contribution in [3.63, 3.8) is 0 Å². The van der Waals surface area contributed by atoms with Gasteiger partial charge in [-0.2, -0.15) is 4.98 Å². The summed E-state index contributed by atoms with van der Waals surface area (Å²) in [5, 5.41) is 10.4. The maximum absolute atomic E-state index is 5.81. The highest BCUT2D eigenvalue weighted by atomic mass is 35.5. The van der Waals surface area contributed by atoms with Crippen molar-refractivity contribution in [2.24, 2.45) is 0 Å². The first kappa shape index (κ1) is 13.8. The maximum atomic E-state index is 5.81. The smallest absolute Gasteiger partial charge is 0.245 e. The van der Waals surface area contributed by atoms with Gasteiger partial charge in [-0.25, -0.2) is 0 Å². The number of aromatic nitrogens is 3. The molecule has 0 saturated heterocycles. The number of hydrogen-bond acceptors (Lipinski definition) is 5. The molecule has 2 rings (SSSR count). The number of nitrogens with one attached hydrogen (secondary N) is 1. The summed E-state index contributed by atoms with van der Waals surface area (Å²) < 4.78 is 5.58. The Bertz CT molecular complexity index is 565. The van der Waals surface area contributed by atoms with Crippen LogP contribution in [0.4, 0.5) is 5.82 Å². The van der Waals surface area contributed by atoms with E-state index in [0.717, 1.165) is 11.3 Å². The van der Waals surface area contributed by atoms with Crippen molar-refractivity contribution in [1.29, 1.82) is 0 Å². The minimum atomic E-state index is 0.0477. The number of aryl methyl sites for hydroxylation is 1. The van der Waals surface area contributed by atoms with Gasteiger partial charge in [0.15, 0.2) is 11.0 Å². The fourth-order valence-corrected chi connectivity index (χ4v) is 1.72. The van der Waals surface area contributed by atoms with E-state index in [1.165, 1.54) is 0 Å². The molecule has 0 aliphatic heterocycles. The van der Waals surface area contributed by atoms with Crippen LogP contribution >= 0.6 is 23.2 Å². The van der Waals surface area contributed by atoms with Gasteiger partial charge >= 0.3 is 0 Å². The second kappa shape index (κ2) is 6.54. The van der Waals surface area contributed by atoms with Crippen molar-refractivity contribution in [3.05, 3.63) is 40.3 Å². The predicted octanol–water partition coefficient (Wildman–Crippen LogP) is 2.98. The summed E-state index contributed by atoms with van der Waals surface area (Å²) in [7, 11) is 0. The van der Waals surface area contributed by atoms with E-state index in [1.807, 2.05) is 31.2 Å². The van der Waals surface area contributed by atoms with Crippen molar-refractivity contribution in [2.75, 3.05) is 18.5 Å². The average molecular weight is 299 g/mol. The zero-order valence-electron chi connectivity index (χ0n) is 10.2. The molecule has 1 aromatic carbocycles. The topological polar surface area (TPSA) is 59.9 Å². The van der Waals surface area contributed by atoms with Crippen LogP contribution in [0, 0.1) is 6.92 Å². The summed E-state index contributed by atoms with van der Waals surface area (Å²) in [6, 6.07) is 7.84. The van der Waals surface area contributed by atoms with Crippen LogP contribution in [-0.4, -0.2) is 28.3 Å². The first-order valence-electron chi connectivity index (χ1n) is 5.64. The Morgan fingerprint density at radius 2 is 2.11 bits per heavy atom. The Balaban J connectivity index is 1.82. The Morgan fingerprint density at radius 3 is 2.89 bits per heavy atom. The number of benzene rings is 1. The molecule has 0 saturated carbocycles. The number of ether oxygens (including phenoxy) is 1. The molecule has 5 nitrogen and oxygen atoms in total. The third-order valence-corrected chi connectivity index (χ3v) is 2.69. The first-order valence-corrected chi connectivity index (χ1v) is 6.40. The maximum Gasteiger partial charge on any atom is 0.245 e. The third kappa shape index (κ3) is 4.22. The monoisotopic (exact) mass is 298 g/mol. The van der Waals surface area contributed by atoms with Crippen LogP contribution in [-0.2, 0) is 0 Å². The van der Waals surface area contributed by atoms with Crippen molar-refractivity contribution >= 4 is 29.0 Å². The van der Waals surface area contributed by atoms with Gasteiger partial charge in [-0.1, -0.05) is 23.7 Å². The van der Waals surface area contributed by atoms with Gasteiger partial charge in [-0.05, 0) is 36.2 Å². The van der Waals surface area contributed by atoms with Gasteiger partial charge in [0.1, 0.15) is 12.4 Å². The summed E-state index contributed by atoms with van der Waals surface area (Å²) in [5.41, 5.74) is 1.15. The Kier molecular flexibility index (Phi) is 4.76. The molecule has 0 radical (unpaired) electrons. The molecule has 0 bridgehead atoms. The SMILES string of the molecule is Cc1cccc(OCCNc2nc(Cl)nnc2Cl)c1. The lowest BCUT2D eigenvalue weighted by molar-refractivity contribution is 0.332. The molecule has 0 spiro atoms. The minimum Gasteiger partial charge on any atom is -0.492 e. The second-order valence-corrected chi connectivity index (χ2v) is 4.51. The van der Waals surface area contributed by atoms with Crippen molar-refractivity contribution in [1.82, 2.24) is 15.2 Å². The Hall–Kier alpha value is -1.59. The molecule has 1 N–H and O–H groups in total. The van der Waals surface area contributed by atoms with E-state index in [1.54, 1.807) is 0 Å². The standard InChI is InChI=1S/C12H12Cl2N4O/c1-8-3-2-4-9(7-8)19-6-5-15-11-10(13)17-18-12(14)16-11/h2-4,7H,5-6H2,1H3,(H,15,16,18). The van der Waals surface area contributed by atoms with E-state index in [2.05, 4.69) is 20.5 Å². The summed E-state index contributed by atoms with van der Waals surface area (Å²) in [5.74, 6) is 1.22. The van der Waals surface area contributed by atoms with Crippen LogP contribution in [0.1, 0.15) is 5.56 Å². The molecule has 0 atom stereocenters. The molecule has 19 heavy (non-hydrogen) atoms. The number of hydrogen-bond donors (Lipinski definition) is 1. The molecular weight excluding hydrogens is 287 g/mol. The molecule has 0 fully saturated rings. The largest absolute Gasteiger partial charge is 0.492 e. The number of halogens is 2. The Morgan fingerprint density at radius 1 is 1.26 bits per heavy atom. The average Bonchev–Trinajstić information content (AvgIpc) is 2.39. The minimum absolute atomic E-state index is 0.0477. The number of rotatable bonds is 5. The van der Waals surface area contributed by atoms with Gasteiger partial charge < -0.3 is 10.1 Å². The van der Waals surface area contributed by atoms with E-state index in [4.69, 9.17) is 27.9 Å².